The van der Waals surface area contributed by atoms with Crippen LogP contribution < -0.4 is 10.0 Å². The molecule has 0 aliphatic carbocycles. The standard InChI is InChI=1S/C15H17BrN2O3S2/c1-10(13-5-3-4-6-14(13)16)18-23(20,21)15-8-7-12(22-15)9-17-11(2)19/h3-8,10,18H,9H2,1-2H3,(H,17,19). The first-order chi connectivity index (χ1) is 10.8. The maximum absolute atomic E-state index is 12.5. The molecule has 0 aliphatic rings. The van der Waals surface area contributed by atoms with Crippen LogP contribution in [0.15, 0.2) is 45.1 Å². The van der Waals surface area contributed by atoms with Crippen LogP contribution in [0.5, 0.6) is 0 Å². The Balaban J connectivity index is 2.13. The van der Waals surface area contributed by atoms with E-state index in [9.17, 15) is 13.2 Å². The van der Waals surface area contributed by atoms with Crippen molar-refractivity contribution < 1.29 is 13.2 Å². The van der Waals surface area contributed by atoms with Gasteiger partial charge in [0.15, 0.2) is 0 Å². The van der Waals surface area contributed by atoms with Crippen molar-refractivity contribution >= 4 is 43.2 Å². The lowest BCUT2D eigenvalue weighted by Gasteiger charge is -2.15. The lowest BCUT2D eigenvalue weighted by atomic mass is 10.1. The maximum Gasteiger partial charge on any atom is 0.250 e. The number of hydrogen-bond acceptors (Lipinski definition) is 4. The zero-order chi connectivity index (χ0) is 17.0. The molecule has 0 bridgehead atoms. The second-order valence-corrected chi connectivity index (χ2v) is 8.96. The van der Waals surface area contributed by atoms with Gasteiger partial charge in [0.1, 0.15) is 4.21 Å². The highest BCUT2D eigenvalue weighted by molar-refractivity contribution is 9.10. The highest BCUT2D eigenvalue weighted by Crippen LogP contribution is 2.26. The monoisotopic (exact) mass is 416 g/mol. The number of benzene rings is 1. The Bertz CT molecular complexity index is 803. The molecular weight excluding hydrogens is 400 g/mol. The van der Waals surface area contributed by atoms with Crippen LogP contribution >= 0.6 is 27.3 Å². The molecule has 0 radical (unpaired) electrons. The van der Waals surface area contributed by atoms with Gasteiger partial charge in [-0.15, -0.1) is 11.3 Å². The van der Waals surface area contributed by atoms with Gasteiger partial charge in [0.05, 0.1) is 6.54 Å². The summed E-state index contributed by atoms with van der Waals surface area (Å²) in [5.74, 6) is -0.150. The Morgan fingerprint density at radius 1 is 1.26 bits per heavy atom. The predicted octanol–water partition coefficient (Wildman–Crippen LogP) is 3.19. The summed E-state index contributed by atoms with van der Waals surface area (Å²) in [4.78, 5) is 11.7. The van der Waals surface area contributed by atoms with Crippen molar-refractivity contribution in [2.24, 2.45) is 0 Å². The third-order valence-electron chi connectivity index (χ3n) is 3.12. The number of carbonyl (C=O) groups excluding carboxylic acids is 1. The molecule has 0 saturated carbocycles. The van der Waals surface area contributed by atoms with Crippen molar-refractivity contribution in [3.05, 3.63) is 51.3 Å². The highest BCUT2D eigenvalue weighted by Gasteiger charge is 2.21. The predicted molar refractivity (Wildman–Crippen MR) is 94.7 cm³/mol. The molecule has 5 nitrogen and oxygen atoms in total. The Morgan fingerprint density at radius 2 is 1.96 bits per heavy atom. The number of amides is 1. The molecule has 8 heteroatoms. The fourth-order valence-electron chi connectivity index (χ4n) is 1.99. The summed E-state index contributed by atoms with van der Waals surface area (Å²) in [5, 5.41) is 2.65. The maximum atomic E-state index is 12.5. The van der Waals surface area contributed by atoms with Crippen molar-refractivity contribution in [1.82, 2.24) is 10.0 Å². The van der Waals surface area contributed by atoms with Gasteiger partial charge >= 0.3 is 0 Å². The van der Waals surface area contributed by atoms with Gasteiger partial charge in [-0.2, -0.15) is 0 Å². The first kappa shape index (κ1) is 18.1. The molecule has 2 aromatic rings. The number of rotatable bonds is 6. The molecule has 0 saturated heterocycles. The number of thiophene rings is 1. The van der Waals surface area contributed by atoms with Crippen LogP contribution in [0.2, 0.25) is 0 Å². The number of carbonyl (C=O) groups is 1. The van der Waals surface area contributed by atoms with Gasteiger partial charge in [0, 0.05) is 22.3 Å². The van der Waals surface area contributed by atoms with Crippen LogP contribution in [0.3, 0.4) is 0 Å². The van der Waals surface area contributed by atoms with Crippen LogP contribution in [0, 0.1) is 0 Å². The molecule has 23 heavy (non-hydrogen) atoms. The van der Waals surface area contributed by atoms with Gasteiger partial charge in [0.25, 0.3) is 10.0 Å². The van der Waals surface area contributed by atoms with Gasteiger partial charge in [-0.25, -0.2) is 13.1 Å². The van der Waals surface area contributed by atoms with Gasteiger partial charge in [-0.3, -0.25) is 4.79 Å². The zero-order valence-corrected chi connectivity index (χ0v) is 15.9. The summed E-state index contributed by atoms with van der Waals surface area (Å²) in [5.41, 5.74) is 0.867. The second kappa shape index (κ2) is 7.57. The minimum absolute atomic E-state index is 0.150. The third-order valence-corrected chi connectivity index (χ3v) is 6.96. The highest BCUT2D eigenvalue weighted by atomic mass is 79.9. The quantitative estimate of drug-likeness (QED) is 0.758. The summed E-state index contributed by atoms with van der Waals surface area (Å²) in [6.07, 6.45) is 0. The number of nitrogens with one attached hydrogen (secondary N) is 2. The van der Waals surface area contributed by atoms with E-state index in [0.717, 1.165) is 26.3 Å². The molecule has 0 fully saturated rings. The summed E-state index contributed by atoms with van der Waals surface area (Å²) >= 11 is 4.57. The zero-order valence-electron chi connectivity index (χ0n) is 12.7. The second-order valence-electron chi connectivity index (χ2n) is 4.99. The van der Waals surface area contributed by atoms with Gasteiger partial charge in [-0.05, 0) is 30.7 Å². The van der Waals surface area contributed by atoms with Crippen molar-refractivity contribution in [1.29, 1.82) is 0 Å². The summed E-state index contributed by atoms with van der Waals surface area (Å²) in [6.45, 7) is 3.55. The molecule has 1 atom stereocenters. The van der Waals surface area contributed by atoms with E-state index in [0.29, 0.717) is 6.54 Å². The van der Waals surface area contributed by atoms with Crippen molar-refractivity contribution in [2.75, 3.05) is 0 Å². The number of hydrogen-bond donors (Lipinski definition) is 2. The Labute approximate surface area is 148 Å². The summed E-state index contributed by atoms with van der Waals surface area (Å²) in [6, 6.07) is 10.4. The molecule has 124 valence electrons. The average molecular weight is 417 g/mol. The van der Waals surface area contributed by atoms with E-state index < -0.39 is 10.0 Å². The molecule has 1 unspecified atom stereocenters. The molecule has 1 aromatic heterocycles. The number of sulfonamides is 1. The molecule has 0 aliphatic heterocycles. The van der Waals surface area contributed by atoms with Gasteiger partial charge < -0.3 is 5.32 Å². The third kappa shape index (κ3) is 4.87. The normalized spacial score (nSPS) is 12.8. The first-order valence-electron chi connectivity index (χ1n) is 6.89. The Morgan fingerprint density at radius 3 is 2.61 bits per heavy atom. The topological polar surface area (TPSA) is 75.3 Å². The van der Waals surface area contributed by atoms with E-state index in [2.05, 4.69) is 26.0 Å². The van der Waals surface area contributed by atoms with Gasteiger partial charge in [0.2, 0.25) is 5.91 Å². The fourth-order valence-corrected chi connectivity index (χ4v) is 5.15. The Hall–Kier alpha value is -1.22. The fraction of sp³-hybridized carbons (Fsp3) is 0.267. The number of halogens is 1. The van der Waals surface area contributed by atoms with Crippen LogP contribution in [-0.4, -0.2) is 14.3 Å². The van der Waals surface area contributed by atoms with E-state index in [1.807, 2.05) is 24.3 Å². The van der Waals surface area contributed by atoms with E-state index >= 15 is 0 Å². The summed E-state index contributed by atoms with van der Waals surface area (Å²) in [7, 11) is -3.61. The molecule has 1 heterocycles. The van der Waals surface area contributed by atoms with Crippen LogP contribution in [0.25, 0.3) is 0 Å². The van der Waals surface area contributed by atoms with E-state index in [1.165, 1.54) is 6.92 Å². The van der Waals surface area contributed by atoms with Gasteiger partial charge in [-0.1, -0.05) is 34.1 Å². The van der Waals surface area contributed by atoms with Crippen molar-refractivity contribution in [3.63, 3.8) is 0 Å². The van der Waals surface area contributed by atoms with E-state index in [1.54, 1.807) is 19.1 Å². The van der Waals surface area contributed by atoms with Crippen molar-refractivity contribution in [3.8, 4) is 0 Å². The minimum atomic E-state index is -3.61. The molecule has 1 amide bonds. The van der Waals surface area contributed by atoms with E-state index in [-0.39, 0.29) is 16.2 Å². The Kier molecular flexibility index (Phi) is 5.96. The van der Waals surface area contributed by atoms with Crippen LogP contribution in [-0.2, 0) is 21.4 Å². The average Bonchev–Trinajstić information content (AvgIpc) is 2.94. The smallest absolute Gasteiger partial charge is 0.250 e. The van der Waals surface area contributed by atoms with Crippen LogP contribution in [0.1, 0.15) is 30.3 Å². The summed E-state index contributed by atoms with van der Waals surface area (Å²) < 4.78 is 28.7. The van der Waals surface area contributed by atoms with Crippen LogP contribution in [0.4, 0.5) is 0 Å². The van der Waals surface area contributed by atoms with Crippen molar-refractivity contribution in [2.45, 2.75) is 30.6 Å². The lowest BCUT2D eigenvalue weighted by molar-refractivity contribution is -0.119. The molecule has 0 spiro atoms. The molecular formula is C15H17BrN2O3S2. The first-order valence-corrected chi connectivity index (χ1v) is 9.99. The minimum Gasteiger partial charge on any atom is -0.351 e. The molecule has 2 rings (SSSR count). The lowest BCUT2D eigenvalue weighted by Crippen LogP contribution is -2.26. The largest absolute Gasteiger partial charge is 0.351 e. The van der Waals surface area contributed by atoms with E-state index in [4.69, 9.17) is 0 Å². The molecule has 1 aromatic carbocycles. The molecule has 2 N–H and O–H groups in total. The SMILES string of the molecule is CC(=O)NCc1ccc(S(=O)(=O)NC(C)c2ccccc2Br)s1.